The zero-order valence-corrected chi connectivity index (χ0v) is 11.1. The molecule has 0 aliphatic carbocycles. The Kier molecular flexibility index (Phi) is 7.88. The Hall–Kier alpha value is 0.400. The Morgan fingerprint density at radius 2 is 1.93 bits per heavy atom. The van der Waals surface area contributed by atoms with Gasteiger partial charge in [0.05, 0.1) is 6.10 Å². The van der Waals surface area contributed by atoms with Crippen molar-refractivity contribution in [2.24, 2.45) is 0 Å². The van der Waals surface area contributed by atoms with Crippen molar-refractivity contribution < 1.29 is 5.11 Å². The number of aliphatic hydroxyl groups excluding tert-OH is 1. The van der Waals surface area contributed by atoms with Crippen LogP contribution in [0.25, 0.3) is 0 Å². The average Bonchev–Trinajstić information content (AvgIpc) is 2.22. The molecule has 0 fully saturated rings. The van der Waals surface area contributed by atoms with Gasteiger partial charge in [-0.25, -0.2) is 0 Å². The largest absolute Gasteiger partial charge is 0.390 e. The fourth-order valence-corrected chi connectivity index (χ4v) is 3.23. The third kappa shape index (κ3) is 3.87. The van der Waals surface area contributed by atoms with Crippen molar-refractivity contribution in [3.8, 4) is 0 Å². The monoisotopic (exact) mass is 234 g/mol. The number of thioether (sulfide) groups is 2. The Morgan fingerprint density at radius 3 is 2.29 bits per heavy atom. The van der Waals surface area contributed by atoms with Gasteiger partial charge in [-0.2, -0.15) is 0 Å². The second kappa shape index (κ2) is 7.66. The molecule has 1 unspecified atom stereocenters. The van der Waals surface area contributed by atoms with E-state index in [0.29, 0.717) is 0 Å². The highest BCUT2D eigenvalue weighted by molar-refractivity contribution is 8.18. The van der Waals surface area contributed by atoms with E-state index < -0.39 is 0 Å². The van der Waals surface area contributed by atoms with Gasteiger partial charge in [-0.15, -0.1) is 30.1 Å². The predicted molar refractivity (Wildman–Crippen MR) is 70.1 cm³/mol. The summed E-state index contributed by atoms with van der Waals surface area (Å²) >= 11 is 3.36. The molecule has 1 atom stereocenters. The first-order valence-corrected chi connectivity index (χ1v) is 7.53. The molecule has 0 amide bonds. The maximum atomic E-state index is 10.1. The summed E-state index contributed by atoms with van der Waals surface area (Å²) in [6.07, 6.45) is 10.0. The lowest BCUT2D eigenvalue weighted by atomic mass is 10.1. The maximum Gasteiger partial charge on any atom is 0.104 e. The molecule has 0 spiro atoms. The van der Waals surface area contributed by atoms with Gasteiger partial charge < -0.3 is 5.11 Å². The van der Waals surface area contributed by atoms with E-state index in [0.717, 1.165) is 12.8 Å². The van der Waals surface area contributed by atoms with E-state index in [-0.39, 0.29) is 10.2 Å². The predicted octanol–water partition coefficient (Wildman–Crippen LogP) is 3.54. The van der Waals surface area contributed by atoms with E-state index in [2.05, 4.69) is 13.5 Å². The average molecular weight is 234 g/mol. The second-order valence-electron chi connectivity index (χ2n) is 3.35. The number of aliphatic hydroxyl groups is 1. The number of rotatable bonds is 8. The molecule has 0 rings (SSSR count). The molecule has 0 aliphatic heterocycles. The highest BCUT2D eigenvalue weighted by Gasteiger charge is 2.32. The van der Waals surface area contributed by atoms with Crippen LogP contribution in [0.3, 0.4) is 0 Å². The Bertz CT molecular complexity index is 155. The molecule has 0 saturated carbocycles. The van der Waals surface area contributed by atoms with Crippen molar-refractivity contribution in [1.82, 2.24) is 0 Å². The van der Waals surface area contributed by atoms with E-state index >= 15 is 0 Å². The summed E-state index contributed by atoms with van der Waals surface area (Å²) in [7, 11) is 0. The lowest BCUT2D eigenvalue weighted by Crippen LogP contribution is -2.33. The Morgan fingerprint density at radius 1 is 1.36 bits per heavy atom. The van der Waals surface area contributed by atoms with Crippen molar-refractivity contribution >= 4 is 23.5 Å². The molecule has 0 bridgehead atoms. The molecule has 0 radical (unpaired) electrons. The molecule has 0 aliphatic rings. The van der Waals surface area contributed by atoms with E-state index in [1.54, 1.807) is 23.5 Å². The first-order chi connectivity index (χ1) is 6.66. The molecule has 1 N–H and O–H groups in total. The second-order valence-corrected chi connectivity index (χ2v) is 5.77. The summed E-state index contributed by atoms with van der Waals surface area (Å²) in [5.74, 6) is 0. The zero-order chi connectivity index (χ0) is 11.0. The van der Waals surface area contributed by atoms with Gasteiger partial charge >= 0.3 is 0 Å². The van der Waals surface area contributed by atoms with Crippen molar-refractivity contribution in [3.05, 3.63) is 12.7 Å². The zero-order valence-electron chi connectivity index (χ0n) is 9.45. The standard InChI is InChI=1S/C11H22OS2/c1-5-7-8-9-10(12)11(6-2,13-3)14-4/h6,10,12H,2,5,7-9H2,1,3-4H3. The molecular weight excluding hydrogens is 212 g/mol. The van der Waals surface area contributed by atoms with Crippen LogP contribution < -0.4 is 0 Å². The third-order valence-electron chi connectivity index (χ3n) is 2.47. The van der Waals surface area contributed by atoms with Crippen LogP contribution in [0.1, 0.15) is 32.6 Å². The summed E-state index contributed by atoms with van der Waals surface area (Å²) in [4.78, 5) is 0. The molecule has 14 heavy (non-hydrogen) atoms. The molecule has 0 aromatic carbocycles. The minimum Gasteiger partial charge on any atom is -0.390 e. The number of unbranched alkanes of at least 4 members (excludes halogenated alkanes) is 2. The van der Waals surface area contributed by atoms with Crippen molar-refractivity contribution in [3.63, 3.8) is 0 Å². The van der Waals surface area contributed by atoms with E-state index in [1.165, 1.54) is 12.8 Å². The van der Waals surface area contributed by atoms with Gasteiger partial charge in [0, 0.05) is 0 Å². The van der Waals surface area contributed by atoms with E-state index in [9.17, 15) is 5.11 Å². The molecule has 1 nitrogen and oxygen atoms in total. The summed E-state index contributed by atoms with van der Waals surface area (Å²) in [5, 5.41) is 10.1. The normalized spacial score (nSPS) is 14.0. The van der Waals surface area contributed by atoms with Crippen LogP contribution in [0.4, 0.5) is 0 Å². The molecule has 3 heteroatoms. The Labute approximate surface area is 96.7 Å². The molecule has 0 aromatic heterocycles. The van der Waals surface area contributed by atoms with Gasteiger partial charge in [0.1, 0.15) is 4.08 Å². The maximum absolute atomic E-state index is 10.1. The minimum atomic E-state index is -0.281. The van der Waals surface area contributed by atoms with Crippen LogP contribution >= 0.6 is 23.5 Å². The minimum absolute atomic E-state index is 0.215. The van der Waals surface area contributed by atoms with Crippen molar-refractivity contribution in [2.75, 3.05) is 12.5 Å². The van der Waals surface area contributed by atoms with Crippen LogP contribution in [0.15, 0.2) is 12.7 Å². The summed E-state index contributed by atoms with van der Waals surface area (Å²) in [5.41, 5.74) is 0. The highest BCUT2D eigenvalue weighted by atomic mass is 32.2. The van der Waals surface area contributed by atoms with Crippen LogP contribution in [0.5, 0.6) is 0 Å². The summed E-state index contributed by atoms with van der Waals surface area (Å²) in [6.45, 7) is 6.00. The SMILES string of the molecule is C=CC(SC)(SC)C(O)CCCCC. The van der Waals surface area contributed by atoms with Crippen molar-refractivity contribution in [1.29, 1.82) is 0 Å². The summed E-state index contributed by atoms with van der Waals surface area (Å²) < 4.78 is -0.215. The van der Waals surface area contributed by atoms with E-state index in [4.69, 9.17) is 0 Å². The topological polar surface area (TPSA) is 20.2 Å². The third-order valence-corrected chi connectivity index (χ3v) is 5.62. The summed E-state index contributed by atoms with van der Waals surface area (Å²) in [6, 6.07) is 0. The highest BCUT2D eigenvalue weighted by Crippen LogP contribution is 2.39. The molecule has 0 heterocycles. The van der Waals surface area contributed by atoms with Crippen LogP contribution in [-0.4, -0.2) is 27.8 Å². The fourth-order valence-electron chi connectivity index (χ4n) is 1.45. The lowest BCUT2D eigenvalue weighted by Gasteiger charge is -2.31. The van der Waals surface area contributed by atoms with Gasteiger partial charge in [-0.3, -0.25) is 0 Å². The Balaban J connectivity index is 4.14. The lowest BCUT2D eigenvalue weighted by molar-refractivity contribution is 0.160. The quantitative estimate of drug-likeness (QED) is 0.394. The molecule has 0 saturated heterocycles. The molecular formula is C11H22OS2. The molecule has 84 valence electrons. The first kappa shape index (κ1) is 14.4. The smallest absolute Gasteiger partial charge is 0.104 e. The number of hydrogen-bond donors (Lipinski definition) is 1. The number of hydrogen-bond acceptors (Lipinski definition) is 3. The van der Waals surface area contributed by atoms with Gasteiger partial charge in [-0.1, -0.05) is 32.3 Å². The van der Waals surface area contributed by atoms with Gasteiger partial charge in [0.25, 0.3) is 0 Å². The van der Waals surface area contributed by atoms with Gasteiger partial charge in [-0.05, 0) is 18.9 Å². The fraction of sp³-hybridized carbons (Fsp3) is 0.818. The van der Waals surface area contributed by atoms with Crippen LogP contribution in [0.2, 0.25) is 0 Å². The van der Waals surface area contributed by atoms with Crippen molar-refractivity contribution in [2.45, 2.75) is 42.8 Å². The van der Waals surface area contributed by atoms with Crippen LogP contribution in [0, 0.1) is 0 Å². The molecule has 0 aromatic rings. The van der Waals surface area contributed by atoms with E-state index in [1.807, 2.05) is 18.6 Å². The van der Waals surface area contributed by atoms with Gasteiger partial charge in [0.15, 0.2) is 0 Å². The first-order valence-electron chi connectivity index (χ1n) is 5.08. The van der Waals surface area contributed by atoms with Crippen LogP contribution in [-0.2, 0) is 0 Å². The van der Waals surface area contributed by atoms with Gasteiger partial charge in [0.2, 0.25) is 0 Å².